The van der Waals surface area contributed by atoms with Crippen LogP contribution in [-0.4, -0.2) is 22.5 Å². The molecule has 0 fully saturated rings. The first-order valence-electron chi connectivity index (χ1n) is 11.6. The minimum atomic E-state index is -0.404. The van der Waals surface area contributed by atoms with Gasteiger partial charge < -0.3 is 9.73 Å². The Morgan fingerprint density at radius 2 is 1.69 bits per heavy atom. The van der Waals surface area contributed by atoms with E-state index in [2.05, 4.69) is 20.8 Å². The normalized spacial score (nSPS) is 13.8. The molecule has 2 heterocycles. The summed E-state index contributed by atoms with van der Waals surface area (Å²) < 4.78 is 5.91. The van der Waals surface area contributed by atoms with E-state index in [0.717, 1.165) is 23.1 Å². The summed E-state index contributed by atoms with van der Waals surface area (Å²) >= 11 is 5.86. The number of rotatable bonds is 5. The van der Waals surface area contributed by atoms with Crippen LogP contribution in [0.3, 0.4) is 0 Å². The number of carbonyl (C=O) groups excluding carboxylic acids is 2. The van der Waals surface area contributed by atoms with Crippen molar-refractivity contribution in [3.05, 3.63) is 106 Å². The third-order valence-corrected chi connectivity index (χ3v) is 6.27. The van der Waals surface area contributed by atoms with Crippen molar-refractivity contribution in [1.29, 1.82) is 0 Å². The summed E-state index contributed by atoms with van der Waals surface area (Å²) in [5.41, 5.74) is 7.43. The lowest BCUT2D eigenvalue weighted by Gasteiger charge is -2.13. The molecule has 0 saturated carbocycles. The number of nitrogens with zero attached hydrogens (tertiary/aromatic N) is 2. The molecule has 0 aliphatic heterocycles. The third-order valence-electron chi connectivity index (χ3n) is 6.05. The number of carbonyl (C=O) groups is 2. The average molecular weight is 499 g/mol. The molecular weight excluding hydrogens is 476 g/mol. The summed E-state index contributed by atoms with van der Waals surface area (Å²) in [6.07, 6.45) is 3.62. The van der Waals surface area contributed by atoms with Gasteiger partial charge in [-0.15, -0.1) is 0 Å². The van der Waals surface area contributed by atoms with Crippen molar-refractivity contribution >= 4 is 34.9 Å². The number of hydrogen-bond donors (Lipinski definition) is 2. The number of hydrazone groups is 1. The van der Waals surface area contributed by atoms with E-state index in [-0.39, 0.29) is 11.7 Å². The molecule has 2 N–H and O–H groups in total. The van der Waals surface area contributed by atoms with Crippen molar-refractivity contribution in [3.8, 4) is 11.1 Å². The van der Waals surface area contributed by atoms with Crippen molar-refractivity contribution in [2.75, 3.05) is 5.32 Å². The van der Waals surface area contributed by atoms with Gasteiger partial charge in [0, 0.05) is 29.3 Å². The van der Waals surface area contributed by atoms with E-state index >= 15 is 0 Å². The monoisotopic (exact) mass is 498 g/mol. The van der Waals surface area contributed by atoms with Gasteiger partial charge in [0.2, 0.25) is 0 Å². The highest BCUT2D eigenvalue weighted by Crippen LogP contribution is 2.30. The number of benzene rings is 2. The second kappa shape index (κ2) is 10.2. The van der Waals surface area contributed by atoms with Gasteiger partial charge in [0.25, 0.3) is 11.8 Å². The topological polar surface area (TPSA) is 96.6 Å². The van der Waals surface area contributed by atoms with Gasteiger partial charge in [-0.1, -0.05) is 54.1 Å². The van der Waals surface area contributed by atoms with Gasteiger partial charge in [0.15, 0.2) is 5.76 Å². The number of amides is 2. The molecule has 2 aromatic carbocycles. The van der Waals surface area contributed by atoms with Gasteiger partial charge in [-0.3, -0.25) is 9.59 Å². The summed E-state index contributed by atoms with van der Waals surface area (Å²) in [6.45, 7) is 1.82. The molecule has 4 aromatic rings. The van der Waals surface area contributed by atoms with E-state index in [9.17, 15) is 9.59 Å². The van der Waals surface area contributed by atoms with Crippen LogP contribution in [0.5, 0.6) is 0 Å². The number of hydrogen-bond acceptors (Lipinski definition) is 5. The van der Waals surface area contributed by atoms with Crippen LogP contribution in [0.2, 0.25) is 5.02 Å². The first-order valence-corrected chi connectivity index (χ1v) is 12.0. The molecule has 2 aromatic heterocycles. The highest BCUT2D eigenvalue weighted by Gasteiger charge is 2.28. The first-order chi connectivity index (χ1) is 17.5. The zero-order chi connectivity index (χ0) is 25.1. The Balaban J connectivity index is 1.32. The van der Waals surface area contributed by atoms with E-state index in [0.29, 0.717) is 46.3 Å². The Kier molecular flexibility index (Phi) is 6.64. The first kappa shape index (κ1) is 23.5. The standard InChI is InChI=1S/C28H23ClN4O3/c1-17-25-22(32-33-27(34)20-12-10-19(11-13-20)18-6-3-2-4-7-18)8-5-9-23(25)36-26(17)28(35)31-24-15-14-21(29)16-30-24/h2-4,6-7,10-16H,5,8-9H2,1H3,(H,33,34)(H,30,31,35)/b32-22+. The van der Waals surface area contributed by atoms with E-state index in [1.54, 1.807) is 24.3 Å². The van der Waals surface area contributed by atoms with Crippen LogP contribution in [0.4, 0.5) is 5.82 Å². The number of halogens is 1. The quantitative estimate of drug-likeness (QED) is 0.328. The largest absolute Gasteiger partial charge is 0.455 e. The third kappa shape index (κ3) is 4.92. The molecule has 8 heteroatoms. The molecule has 0 saturated heterocycles. The maximum Gasteiger partial charge on any atom is 0.292 e. The maximum absolute atomic E-state index is 12.8. The number of aromatic nitrogens is 1. The fourth-order valence-corrected chi connectivity index (χ4v) is 4.36. The van der Waals surface area contributed by atoms with Crippen molar-refractivity contribution in [2.24, 2.45) is 5.10 Å². The van der Waals surface area contributed by atoms with Crippen LogP contribution in [0.1, 0.15) is 50.6 Å². The number of furan rings is 1. The van der Waals surface area contributed by atoms with Gasteiger partial charge in [-0.2, -0.15) is 5.10 Å². The molecule has 180 valence electrons. The van der Waals surface area contributed by atoms with Gasteiger partial charge in [0.1, 0.15) is 11.6 Å². The second-order valence-corrected chi connectivity index (χ2v) is 8.90. The minimum absolute atomic E-state index is 0.203. The molecule has 2 amide bonds. The molecule has 36 heavy (non-hydrogen) atoms. The van der Waals surface area contributed by atoms with Crippen LogP contribution < -0.4 is 10.7 Å². The SMILES string of the molecule is Cc1c(C(=O)Nc2ccc(Cl)cn2)oc2c1/C(=N/NC(=O)c1ccc(-c3ccccc3)cc1)CCC2. The molecule has 0 atom stereocenters. The molecule has 0 radical (unpaired) electrons. The minimum Gasteiger partial charge on any atom is -0.455 e. The van der Waals surface area contributed by atoms with Crippen LogP contribution in [0, 0.1) is 6.92 Å². The Hall–Kier alpha value is -4.23. The summed E-state index contributed by atoms with van der Waals surface area (Å²) in [6, 6.07) is 20.6. The van der Waals surface area contributed by atoms with Crippen LogP contribution in [0.15, 0.2) is 82.4 Å². The molecule has 0 unspecified atom stereocenters. The van der Waals surface area contributed by atoms with E-state index in [1.807, 2.05) is 49.4 Å². The molecule has 5 rings (SSSR count). The average Bonchev–Trinajstić information content (AvgIpc) is 3.26. The van der Waals surface area contributed by atoms with Gasteiger partial charge >= 0.3 is 0 Å². The van der Waals surface area contributed by atoms with Crippen molar-refractivity contribution in [1.82, 2.24) is 10.4 Å². The summed E-state index contributed by atoms with van der Waals surface area (Å²) in [4.78, 5) is 29.7. The smallest absolute Gasteiger partial charge is 0.292 e. The van der Waals surface area contributed by atoms with Crippen LogP contribution in [0.25, 0.3) is 11.1 Å². The number of pyridine rings is 1. The molecule has 0 spiro atoms. The van der Waals surface area contributed by atoms with Crippen molar-refractivity contribution < 1.29 is 14.0 Å². The highest BCUT2D eigenvalue weighted by atomic mass is 35.5. The number of fused-ring (bicyclic) bond motifs is 1. The number of aryl methyl sites for hydroxylation is 1. The van der Waals surface area contributed by atoms with Crippen LogP contribution in [-0.2, 0) is 6.42 Å². The molecular formula is C28H23ClN4O3. The lowest BCUT2D eigenvalue weighted by Crippen LogP contribution is -2.22. The summed E-state index contributed by atoms with van der Waals surface area (Å²) in [7, 11) is 0. The lowest BCUT2D eigenvalue weighted by atomic mass is 9.93. The fraction of sp³-hybridized carbons (Fsp3) is 0.143. The Morgan fingerprint density at radius 3 is 2.42 bits per heavy atom. The summed E-state index contributed by atoms with van der Waals surface area (Å²) in [5, 5.41) is 7.61. The Morgan fingerprint density at radius 1 is 0.944 bits per heavy atom. The van der Waals surface area contributed by atoms with E-state index < -0.39 is 5.91 Å². The van der Waals surface area contributed by atoms with Crippen LogP contribution >= 0.6 is 11.6 Å². The predicted octanol–water partition coefficient (Wildman–Crippen LogP) is 6.03. The van der Waals surface area contributed by atoms with Gasteiger partial charge in [-0.25, -0.2) is 10.4 Å². The van der Waals surface area contributed by atoms with E-state index in [1.165, 1.54) is 6.20 Å². The Bertz CT molecular complexity index is 1440. The van der Waals surface area contributed by atoms with Gasteiger partial charge in [0.05, 0.1) is 10.7 Å². The lowest BCUT2D eigenvalue weighted by molar-refractivity contribution is 0.0953. The zero-order valence-electron chi connectivity index (χ0n) is 19.5. The molecule has 0 bridgehead atoms. The Labute approximate surface area is 213 Å². The molecule has 1 aliphatic rings. The maximum atomic E-state index is 12.8. The van der Waals surface area contributed by atoms with Gasteiger partial charge in [-0.05, 0) is 55.2 Å². The molecule has 7 nitrogen and oxygen atoms in total. The molecule has 1 aliphatic carbocycles. The number of anilines is 1. The summed E-state index contributed by atoms with van der Waals surface area (Å²) in [5.74, 6) is 0.556. The second-order valence-electron chi connectivity index (χ2n) is 8.47. The van der Waals surface area contributed by atoms with Crippen molar-refractivity contribution in [2.45, 2.75) is 26.2 Å². The highest BCUT2D eigenvalue weighted by molar-refractivity contribution is 6.30. The predicted molar refractivity (Wildman–Crippen MR) is 139 cm³/mol. The zero-order valence-corrected chi connectivity index (χ0v) is 20.3. The van der Waals surface area contributed by atoms with E-state index in [4.69, 9.17) is 16.0 Å². The fourth-order valence-electron chi connectivity index (χ4n) is 4.25. The van der Waals surface area contributed by atoms with Crippen molar-refractivity contribution in [3.63, 3.8) is 0 Å². The number of nitrogens with one attached hydrogen (secondary N) is 2.